The van der Waals surface area contributed by atoms with Gasteiger partial charge >= 0.3 is 0 Å². The molecule has 0 radical (unpaired) electrons. The highest BCUT2D eigenvalue weighted by atomic mass is 16.3. The maximum atomic E-state index is 6.34. The van der Waals surface area contributed by atoms with Crippen LogP contribution >= 0.6 is 0 Å². The van der Waals surface area contributed by atoms with Crippen molar-refractivity contribution in [2.45, 2.75) is 6.92 Å². The Bertz CT molecular complexity index is 1210. The standard InChI is InChI=1S/C25H21NO/c1-3-4-5-9-18(22-16-17(2)14-15-23(22)26)20-11-8-12-21-19-10-6-7-13-24(19)27-25(20)21/h3-16H,1,26H2,2H3/b5-4-,18-9+. The van der Waals surface area contributed by atoms with E-state index in [1.807, 2.05) is 42.5 Å². The maximum Gasteiger partial charge on any atom is 0.143 e. The maximum absolute atomic E-state index is 6.34. The molecule has 2 nitrogen and oxygen atoms in total. The van der Waals surface area contributed by atoms with Crippen LogP contribution in [0.1, 0.15) is 16.7 Å². The van der Waals surface area contributed by atoms with E-state index in [2.05, 4.69) is 49.9 Å². The summed E-state index contributed by atoms with van der Waals surface area (Å²) in [7, 11) is 0. The predicted octanol–water partition coefficient (Wildman–Crippen LogP) is 6.65. The summed E-state index contributed by atoms with van der Waals surface area (Å²) < 4.78 is 6.24. The van der Waals surface area contributed by atoms with Crippen molar-refractivity contribution in [3.63, 3.8) is 0 Å². The van der Waals surface area contributed by atoms with Crippen molar-refractivity contribution < 1.29 is 4.42 Å². The number of allylic oxidation sites excluding steroid dienone is 4. The molecule has 0 unspecified atom stereocenters. The summed E-state index contributed by atoms with van der Waals surface area (Å²) >= 11 is 0. The fraction of sp³-hybridized carbons (Fsp3) is 0.0400. The van der Waals surface area contributed by atoms with E-state index < -0.39 is 0 Å². The van der Waals surface area contributed by atoms with Gasteiger partial charge in [-0.05, 0) is 30.7 Å². The average molecular weight is 351 g/mol. The lowest BCUT2D eigenvalue weighted by Gasteiger charge is -2.12. The number of para-hydroxylation sites is 2. The average Bonchev–Trinajstić information content (AvgIpc) is 3.07. The van der Waals surface area contributed by atoms with Crippen LogP contribution in [0.25, 0.3) is 27.5 Å². The van der Waals surface area contributed by atoms with Crippen molar-refractivity contribution >= 4 is 33.2 Å². The van der Waals surface area contributed by atoms with Gasteiger partial charge in [0.1, 0.15) is 11.2 Å². The van der Waals surface area contributed by atoms with Crippen LogP contribution in [0.3, 0.4) is 0 Å². The Morgan fingerprint density at radius 3 is 2.59 bits per heavy atom. The summed E-state index contributed by atoms with van der Waals surface area (Å²) in [5.41, 5.74) is 13.0. The van der Waals surface area contributed by atoms with Crippen LogP contribution in [-0.2, 0) is 0 Å². The van der Waals surface area contributed by atoms with E-state index in [0.29, 0.717) is 0 Å². The largest absolute Gasteiger partial charge is 0.455 e. The van der Waals surface area contributed by atoms with E-state index in [0.717, 1.165) is 49.9 Å². The van der Waals surface area contributed by atoms with Gasteiger partial charge in [0.25, 0.3) is 0 Å². The zero-order chi connectivity index (χ0) is 18.8. The fourth-order valence-electron chi connectivity index (χ4n) is 3.42. The summed E-state index contributed by atoms with van der Waals surface area (Å²) in [5.74, 6) is 0. The van der Waals surface area contributed by atoms with Crippen LogP contribution in [0.5, 0.6) is 0 Å². The van der Waals surface area contributed by atoms with Crippen molar-refractivity contribution in [1.29, 1.82) is 0 Å². The molecular weight excluding hydrogens is 330 g/mol. The third kappa shape index (κ3) is 3.06. The minimum absolute atomic E-state index is 0.743. The summed E-state index contributed by atoms with van der Waals surface area (Å²) in [6.07, 6.45) is 7.71. The molecule has 2 N–H and O–H groups in total. The SMILES string of the molecule is C=C/C=C\C=C(\c1cc(C)ccc1N)c1cccc2c1oc1ccccc12. The summed E-state index contributed by atoms with van der Waals surface area (Å²) in [5, 5.41) is 2.22. The van der Waals surface area contributed by atoms with Gasteiger partial charge in [-0.2, -0.15) is 0 Å². The zero-order valence-corrected chi connectivity index (χ0v) is 15.3. The van der Waals surface area contributed by atoms with Crippen LogP contribution in [0.2, 0.25) is 0 Å². The van der Waals surface area contributed by atoms with Gasteiger partial charge in [-0.15, -0.1) is 0 Å². The number of aryl methyl sites for hydroxylation is 1. The normalized spacial score (nSPS) is 12.3. The van der Waals surface area contributed by atoms with Crippen molar-refractivity contribution in [3.05, 3.63) is 108 Å². The molecule has 0 bridgehead atoms. The van der Waals surface area contributed by atoms with Gasteiger partial charge in [-0.3, -0.25) is 0 Å². The topological polar surface area (TPSA) is 39.2 Å². The number of nitrogen functional groups attached to an aromatic ring is 1. The van der Waals surface area contributed by atoms with E-state index >= 15 is 0 Å². The highest BCUT2D eigenvalue weighted by Crippen LogP contribution is 2.37. The van der Waals surface area contributed by atoms with E-state index in [4.69, 9.17) is 10.2 Å². The van der Waals surface area contributed by atoms with Crippen LogP contribution in [0, 0.1) is 6.92 Å². The second kappa shape index (κ2) is 7.00. The first-order valence-electron chi connectivity index (χ1n) is 8.95. The zero-order valence-electron chi connectivity index (χ0n) is 15.3. The second-order valence-corrected chi connectivity index (χ2v) is 6.57. The van der Waals surface area contributed by atoms with E-state index in [1.54, 1.807) is 6.08 Å². The molecule has 0 aliphatic heterocycles. The minimum atomic E-state index is 0.743. The number of benzene rings is 3. The van der Waals surface area contributed by atoms with Crippen LogP contribution < -0.4 is 5.73 Å². The lowest BCUT2D eigenvalue weighted by molar-refractivity contribution is 0.668. The summed E-state index contributed by atoms with van der Waals surface area (Å²) in [6, 6.07) is 20.5. The van der Waals surface area contributed by atoms with E-state index in [-0.39, 0.29) is 0 Å². The molecule has 0 aliphatic carbocycles. The number of hydrogen-bond donors (Lipinski definition) is 1. The van der Waals surface area contributed by atoms with Crippen molar-refractivity contribution in [3.8, 4) is 0 Å². The molecule has 0 saturated heterocycles. The molecule has 0 aliphatic rings. The van der Waals surface area contributed by atoms with Crippen molar-refractivity contribution in [2.75, 3.05) is 5.73 Å². The van der Waals surface area contributed by atoms with Crippen molar-refractivity contribution in [1.82, 2.24) is 0 Å². The number of hydrogen-bond acceptors (Lipinski definition) is 2. The molecule has 1 aromatic heterocycles. The van der Waals surface area contributed by atoms with Crippen LogP contribution in [-0.4, -0.2) is 0 Å². The fourth-order valence-corrected chi connectivity index (χ4v) is 3.42. The third-order valence-electron chi connectivity index (χ3n) is 4.70. The Morgan fingerprint density at radius 1 is 0.926 bits per heavy atom. The molecule has 3 aromatic carbocycles. The van der Waals surface area contributed by atoms with Gasteiger partial charge in [0.2, 0.25) is 0 Å². The number of anilines is 1. The van der Waals surface area contributed by atoms with Gasteiger partial charge in [0.15, 0.2) is 0 Å². The number of fused-ring (bicyclic) bond motifs is 3. The molecule has 4 aromatic rings. The van der Waals surface area contributed by atoms with Gasteiger partial charge < -0.3 is 10.2 Å². The molecule has 0 spiro atoms. The monoisotopic (exact) mass is 351 g/mol. The molecule has 27 heavy (non-hydrogen) atoms. The summed E-state index contributed by atoms with van der Waals surface area (Å²) in [4.78, 5) is 0. The Labute approximate surface area is 158 Å². The van der Waals surface area contributed by atoms with Crippen LogP contribution in [0.15, 0.2) is 96.0 Å². The first-order chi connectivity index (χ1) is 13.2. The Hall–Kier alpha value is -3.52. The first kappa shape index (κ1) is 16.9. The lowest BCUT2D eigenvalue weighted by Crippen LogP contribution is -1.96. The Morgan fingerprint density at radius 2 is 1.74 bits per heavy atom. The number of furan rings is 1. The van der Waals surface area contributed by atoms with E-state index in [1.165, 1.54) is 0 Å². The first-order valence-corrected chi connectivity index (χ1v) is 8.95. The minimum Gasteiger partial charge on any atom is -0.455 e. The molecular formula is C25H21NO. The molecule has 0 atom stereocenters. The molecule has 4 rings (SSSR count). The Kier molecular flexibility index (Phi) is 4.39. The molecule has 0 fully saturated rings. The second-order valence-electron chi connectivity index (χ2n) is 6.57. The van der Waals surface area contributed by atoms with Gasteiger partial charge in [0, 0.05) is 27.6 Å². The third-order valence-corrected chi connectivity index (χ3v) is 4.70. The van der Waals surface area contributed by atoms with E-state index in [9.17, 15) is 0 Å². The van der Waals surface area contributed by atoms with Crippen LogP contribution in [0.4, 0.5) is 5.69 Å². The van der Waals surface area contributed by atoms with Gasteiger partial charge in [0.05, 0.1) is 0 Å². The molecule has 1 heterocycles. The predicted molar refractivity (Wildman–Crippen MR) is 116 cm³/mol. The van der Waals surface area contributed by atoms with Gasteiger partial charge in [-0.25, -0.2) is 0 Å². The molecule has 132 valence electrons. The summed E-state index contributed by atoms with van der Waals surface area (Å²) in [6.45, 7) is 5.83. The highest BCUT2D eigenvalue weighted by molar-refractivity contribution is 6.09. The number of nitrogens with two attached hydrogens (primary N) is 1. The number of rotatable bonds is 4. The highest BCUT2D eigenvalue weighted by Gasteiger charge is 2.16. The van der Waals surface area contributed by atoms with Crippen molar-refractivity contribution in [2.24, 2.45) is 0 Å². The quantitative estimate of drug-likeness (QED) is 0.330. The molecule has 0 amide bonds. The van der Waals surface area contributed by atoms with Gasteiger partial charge in [-0.1, -0.05) is 78.9 Å². The Balaban J connectivity index is 2.03. The molecule has 2 heteroatoms. The lowest BCUT2D eigenvalue weighted by atomic mass is 9.93. The smallest absolute Gasteiger partial charge is 0.143 e. The molecule has 0 saturated carbocycles.